The van der Waals surface area contributed by atoms with E-state index in [1.165, 1.54) is 0 Å². The van der Waals surface area contributed by atoms with Crippen LogP contribution in [0.15, 0.2) is 42.5 Å². The van der Waals surface area contributed by atoms with Crippen molar-refractivity contribution in [1.82, 2.24) is 0 Å². The van der Waals surface area contributed by atoms with Crippen molar-refractivity contribution in [2.45, 2.75) is 26.0 Å². The minimum atomic E-state index is 0.0760. The number of nitrogens with two attached hydrogens (primary N) is 1. The fourth-order valence-electron chi connectivity index (χ4n) is 2.07. The summed E-state index contributed by atoms with van der Waals surface area (Å²) in [5.74, 6) is 1.56. The van der Waals surface area contributed by atoms with Crippen LogP contribution in [0.1, 0.15) is 30.5 Å². The van der Waals surface area contributed by atoms with Crippen molar-refractivity contribution < 1.29 is 9.47 Å². The van der Waals surface area contributed by atoms with Crippen LogP contribution in [0.25, 0.3) is 0 Å². The van der Waals surface area contributed by atoms with Gasteiger partial charge in [-0.15, -0.1) is 0 Å². The van der Waals surface area contributed by atoms with E-state index in [1.54, 1.807) is 13.2 Å². The summed E-state index contributed by atoms with van der Waals surface area (Å²) in [5.41, 5.74) is 8.02. The predicted octanol–water partition coefficient (Wildman–Crippen LogP) is 4.34. The molecule has 0 aromatic heterocycles. The van der Waals surface area contributed by atoms with E-state index in [0.717, 1.165) is 29.0 Å². The minimum absolute atomic E-state index is 0.0760. The molecule has 0 spiro atoms. The normalized spacial score (nSPS) is 12.0. The number of rotatable bonds is 6. The van der Waals surface area contributed by atoms with Crippen molar-refractivity contribution in [3.05, 3.63) is 58.6 Å². The van der Waals surface area contributed by atoms with E-state index in [2.05, 4.69) is 6.92 Å². The maximum absolute atomic E-state index is 6.00. The van der Waals surface area contributed by atoms with Crippen LogP contribution in [-0.4, -0.2) is 7.11 Å². The van der Waals surface area contributed by atoms with Crippen molar-refractivity contribution in [3.8, 4) is 11.5 Å². The Labute approximate surface area is 130 Å². The minimum Gasteiger partial charge on any atom is -0.496 e. The molecule has 0 unspecified atom stereocenters. The molecule has 0 aliphatic rings. The molecule has 0 aliphatic heterocycles. The maximum atomic E-state index is 6.00. The number of hydrogen-bond acceptors (Lipinski definition) is 3. The lowest BCUT2D eigenvalue weighted by Gasteiger charge is -2.12. The van der Waals surface area contributed by atoms with Crippen LogP contribution >= 0.6 is 11.6 Å². The summed E-state index contributed by atoms with van der Waals surface area (Å²) in [6.45, 7) is 2.48. The molecule has 0 bridgehead atoms. The molecule has 0 radical (unpaired) electrons. The lowest BCUT2D eigenvalue weighted by Crippen LogP contribution is -2.08. The van der Waals surface area contributed by atoms with Gasteiger partial charge in [0.2, 0.25) is 0 Å². The number of benzene rings is 2. The Bertz CT molecular complexity index is 584. The number of methoxy groups -OCH3 is 1. The predicted molar refractivity (Wildman–Crippen MR) is 86.0 cm³/mol. The quantitative estimate of drug-likeness (QED) is 0.863. The molecule has 112 valence electrons. The number of ether oxygens (including phenoxy) is 2. The molecule has 0 saturated heterocycles. The summed E-state index contributed by atoms with van der Waals surface area (Å²) in [6.07, 6.45) is 0.917. The van der Waals surface area contributed by atoms with Crippen LogP contribution in [0.2, 0.25) is 5.02 Å². The molecule has 0 heterocycles. The van der Waals surface area contributed by atoms with E-state index in [-0.39, 0.29) is 6.04 Å². The summed E-state index contributed by atoms with van der Waals surface area (Å²) < 4.78 is 11.1. The molecule has 0 fully saturated rings. The summed E-state index contributed by atoms with van der Waals surface area (Å²) in [5, 5.41) is 0.665. The summed E-state index contributed by atoms with van der Waals surface area (Å²) in [7, 11) is 1.63. The molecule has 1 atom stereocenters. The Kier molecular flexibility index (Phi) is 5.48. The Balaban J connectivity index is 2.04. The van der Waals surface area contributed by atoms with Gasteiger partial charge in [-0.25, -0.2) is 0 Å². The summed E-state index contributed by atoms with van der Waals surface area (Å²) in [6, 6.07) is 13.4. The molecule has 4 heteroatoms. The van der Waals surface area contributed by atoms with Gasteiger partial charge in [-0.1, -0.05) is 30.7 Å². The summed E-state index contributed by atoms with van der Waals surface area (Å²) >= 11 is 6.00. The monoisotopic (exact) mass is 305 g/mol. The smallest absolute Gasteiger partial charge is 0.125 e. The van der Waals surface area contributed by atoms with Gasteiger partial charge in [0, 0.05) is 16.6 Å². The van der Waals surface area contributed by atoms with Gasteiger partial charge in [0.25, 0.3) is 0 Å². The Morgan fingerprint density at radius 2 is 1.86 bits per heavy atom. The Morgan fingerprint density at radius 3 is 2.48 bits per heavy atom. The Hall–Kier alpha value is -1.71. The van der Waals surface area contributed by atoms with E-state index < -0.39 is 0 Å². The lowest BCUT2D eigenvalue weighted by molar-refractivity contribution is 0.296. The first-order valence-corrected chi connectivity index (χ1v) is 7.32. The topological polar surface area (TPSA) is 44.5 Å². The molecule has 21 heavy (non-hydrogen) atoms. The van der Waals surface area contributed by atoms with Gasteiger partial charge in [0.15, 0.2) is 0 Å². The van der Waals surface area contributed by atoms with Crippen LogP contribution in [0.5, 0.6) is 11.5 Å². The molecule has 2 N–H and O–H groups in total. The van der Waals surface area contributed by atoms with Crippen molar-refractivity contribution in [2.75, 3.05) is 7.11 Å². The first-order valence-electron chi connectivity index (χ1n) is 6.94. The Morgan fingerprint density at radius 1 is 1.14 bits per heavy atom. The average Bonchev–Trinajstić information content (AvgIpc) is 2.52. The second kappa shape index (κ2) is 7.34. The van der Waals surface area contributed by atoms with Gasteiger partial charge >= 0.3 is 0 Å². The zero-order valence-electron chi connectivity index (χ0n) is 12.3. The van der Waals surface area contributed by atoms with Gasteiger partial charge < -0.3 is 15.2 Å². The van der Waals surface area contributed by atoms with Gasteiger partial charge in [0.05, 0.1) is 7.11 Å². The molecule has 3 nitrogen and oxygen atoms in total. The van der Waals surface area contributed by atoms with Crippen LogP contribution in [0.3, 0.4) is 0 Å². The highest BCUT2D eigenvalue weighted by molar-refractivity contribution is 6.30. The van der Waals surface area contributed by atoms with Gasteiger partial charge in [-0.3, -0.25) is 0 Å². The zero-order chi connectivity index (χ0) is 15.2. The highest BCUT2D eigenvalue weighted by atomic mass is 35.5. The fourth-order valence-corrected chi connectivity index (χ4v) is 2.26. The highest BCUT2D eigenvalue weighted by Crippen LogP contribution is 2.25. The second-order valence-corrected chi connectivity index (χ2v) is 5.27. The third kappa shape index (κ3) is 4.13. The molecular formula is C17H20ClNO2. The molecule has 0 aliphatic carbocycles. The third-order valence-electron chi connectivity index (χ3n) is 3.38. The van der Waals surface area contributed by atoms with E-state index in [1.807, 2.05) is 36.4 Å². The number of halogens is 1. The first kappa shape index (κ1) is 15.7. The van der Waals surface area contributed by atoms with Crippen LogP contribution in [-0.2, 0) is 6.61 Å². The van der Waals surface area contributed by atoms with E-state index in [0.29, 0.717) is 11.6 Å². The van der Waals surface area contributed by atoms with E-state index in [4.69, 9.17) is 26.8 Å². The molecular weight excluding hydrogens is 286 g/mol. The van der Waals surface area contributed by atoms with Crippen LogP contribution in [0.4, 0.5) is 0 Å². The molecule has 2 aromatic rings. The van der Waals surface area contributed by atoms with Gasteiger partial charge in [-0.05, 0) is 42.3 Å². The van der Waals surface area contributed by atoms with Gasteiger partial charge in [0.1, 0.15) is 18.1 Å². The van der Waals surface area contributed by atoms with Crippen molar-refractivity contribution in [3.63, 3.8) is 0 Å². The first-order chi connectivity index (χ1) is 10.1. The van der Waals surface area contributed by atoms with E-state index in [9.17, 15) is 0 Å². The molecule has 2 aromatic carbocycles. The van der Waals surface area contributed by atoms with E-state index >= 15 is 0 Å². The van der Waals surface area contributed by atoms with Crippen molar-refractivity contribution in [2.24, 2.45) is 5.73 Å². The summed E-state index contributed by atoms with van der Waals surface area (Å²) in [4.78, 5) is 0. The maximum Gasteiger partial charge on any atom is 0.125 e. The molecule has 0 amide bonds. The fraction of sp³-hybridized carbons (Fsp3) is 0.294. The third-order valence-corrected chi connectivity index (χ3v) is 3.62. The highest BCUT2D eigenvalue weighted by Gasteiger charge is 2.06. The van der Waals surface area contributed by atoms with Crippen molar-refractivity contribution >= 4 is 11.6 Å². The molecule has 0 saturated carbocycles. The molecule has 2 rings (SSSR count). The average molecular weight is 306 g/mol. The largest absolute Gasteiger partial charge is 0.496 e. The van der Waals surface area contributed by atoms with Gasteiger partial charge in [-0.2, -0.15) is 0 Å². The van der Waals surface area contributed by atoms with Crippen LogP contribution in [0, 0.1) is 0 Å². The van der Waals surface area contributed by atoms with Crippen LogP contribution < -0.4 is 15.2 Å². The lowest BCUT2D eigenvalue weighted by atomic mass is 10.1. The second-order valence-electron chi connectivity index (χ2n) is 4.83. The van der Waals surface area contributed by atoms with Crippen molar-refractivity contribution in [1.29, 1.82) is 0 Å². The number of hydrogen-bond donors (Lipinski definition) is 1. The SMILES string of the molecule is CC[C@H](N)c1ccc(OCc2cc(Cl)ccc2OC)cc1. The standard InChI is InChI=1S/C17H20ClNO2/c1-3-16(19)12-4-7-15(8-5-12)21-11-13-10-14(18)6-9-17(13)20-2/h4-10,16H,3,11,19H2,1-2H3/t16-/m0/s1. The zero-order valence-corrected chi connectivity index (χ0v) is 13.1.